The Balaban J connectivity index is 1.57. The number of rotatable bonds is 6. The summed E-state index contributed by atoms with van der Waals surface area (Å²) in [6.45, 7) is 18.7. The van der Waals surface area contributed by atoms with Crippen LogP contribution in [0.3, 0.4) is 0 Å². The lowest BCUT2D eigenvalue weighted by molar-refractivity contribution is 0.244. The number of aromatic nitrogens is 2. The zero-order valence-electron chi connectivity index (χ0n) is 17.8. The summed E-state index contributed by atoms with van der Waals surface area (Å²) in [5, 5.41) is 9.38. The Labute approximate surface area is 176 Å². The second-order valence-electron chi connectivity index (χ2n) is 8.01. The highest BCUT2D eigenvalue weighted by Gasteiger charge is 2.14. The van der Waals surface area contributed by atoms with E-state index in [2.05, 4.69) is 52.5 Å². The van der Waals surface area contributed by atoms with E-state index < -0.39 is 0 Å². The number of aryl methyl sites for hydroxylation is 1. The number of aromatic amines is 2. The second kappa shape index (κ2) is 8.50. The van der Waals surface area contributed by atoms with Crippen LogP contribution in [0.15, 0.2) is 24.8 Å². The molecule has 0 bridgehead atoms. The smallest absolute Gasteiger partial charge is 0.123 e. The van der Waals surface area contributed by atoms with Crippen LogP contribution >= 0.6 is 0 Å². The summed E-state index contributed by atoms with van der Waals surface area (Å²) in [4.78, 5) is 9.16. The van der Waals surface area contributed by atoms with Gasteiger partial charge in [0.1, 0.15) is 5.82 Å². The van der Waals surface area contributed by atoms with Crippen LogP contribution in [0, 0.1) is 19.7 Å². The van der Waals surface area contributed by atoms with Gasteiger partial charge >= 0.3 is 0 Å². The predicted molar refractivity (Wildman–Crippen MR) is 123 cm³/mol. The Morgan fingerprint density at radius 2 is 2.00 bits per heavy atom. The first-order valence-corrected chi connectivity index (χ1v) is 10.5. The fourth-order valence-corrected chi connectivity index (χ4v) is 4.31. The van der Waals surface area contributed by atoms with E-state index in [1.807, 2.05) is 6.08 Å². The largest absolute Gasteiger partial charge is 0.384 e. The molecule has 30 heavy (non-hydrogen) atoms. The summed E-state index contributed by atoms with van der Waals surface area (Å²) in [6.07, 6.45) is 2.04. The van der Waals surface area contributed by atoms with Crippen molar-refractivity contribution in [2.45, 2.75) is 13.8 Å². The minimum absolute atomic E-state index is 0.252. The van der Waals surface area contributed by atoms with Crippen LogP contribution in [0.5, 0.6) is 0 Å². The summed E-state index contributed by atoms with van der Waals surface area (Å²) >= 11 is 0. The van der Waals surface area contributed by atoms with Crippen molar-refractivity contribution in [3.05, 3.63) is 63.7 Å². The van der Waals surface area contributed by atoms with E-state index in [1.165, 1.54) is 6.07 Å². The molecule has 0 amide bonds. The third-order valence-corrected chi connectivity index (χ3v) is 5.93. The fraction of sp³-hybridized carbons (Fsp3) is 0.333. The molecule has 5 nitrogen and oxygen atoms in total. The number of benzene rings is 1. The molecule has 1 aliphatic heterocycles. The van der Waals surface area contributed by atoms with Gasteiger partial charge in [0.05, 0.1) is 0 Å². The molecule has 0 radical (unpaired) electrons. The normalized spacial score (nSPS) is 15.8. The van der Waals surface area contributed by atoms with Crippen molar-refractivity contribution in [3.8, 4) is 0 Å². The maximum atomic E-state index is 13.8. The molecule has 1 aliphatic rings. The lowest BCUT2D eigenvalue weighted by Gasteiger charge is -2.27. The molecule has 1 fully saturated rings. The van der Waals surface area contributed by atoms with Crippen LogP contribution in [-0.4, -0.2) is 54.1 Å². The van der Waals surface area contributed by atoms with E-state index in [-0.39, 0.29) is 5.82 Å². The monoisotopic (exact) mass is 407 g/mol. The van der Waals surface area contributed by atoms with Gasteiger partial charge < -0.3 is 20.6 Å². The SMILES string of the molecule is C=C(NCCN1CCNCC1)c1c(C)[nH]c(/C=c2\c(=C)[nH]c3ccc(F)cc23)c1C. The average molecular weight is 408 g/mol. The molecule has 0 spiro atoms. The fourth-order valence-electron chi connectivity index (χ4n) is 4.31. The van der Waals surface area contributed by atoms with E-state index in [0.29, 0.717) is 0 Å². The first-order valence-electron chi connectivity index (χ1n) is 10.5. The van der Waals surface area contributed by atoms with E-state index in [0.717, 1.165) is 89.0 Å². The van der Waals surface area contributed by atoms with Crippen molar-refractivity contribution in [3.63, 3.8) is 0 Å². The summed E-state index contributed by atoms with van der Waals surface area (Å²) in [5.74, 6) is -0.252. The van der Waals surface area contributed by atoms with Crippen LogP contribution in [0.25, 0.3) is 29.3 Å². The highest BCUT2D eigenvalue weighted by atomic mass is 19.1. The molecule has 1 saturated heterocycles. The quantitative estimate of drug-likeness (QED) is 0.505. The maximum absolute atomic E-state index is 13.8. The van der Waals surface area contributed by atoms with Crippen LogP contribution in [0.1, 0.15) is 22.5 Å². The van der Waals surface area contributed by atoms with Gasteiger partial charge in [-0.2, -0.15) is 0 Å². The summed E-state index contributed by atoms with van der Waals surface area (Å²) in [5.41, 5.74) is 6.09. The Kier molecular flexibility index (Phi) is 5.79. The first-order chi connectivity index (χ1) is 14.4. The number of hydrogen-bond acceptors (Lipinski definition) is 3. The van der Waals surface area contributed by atoms with Gasteiger partial charge in [-0.3, -0.25) is 4.90 Å². The zero-order valence-corrected chi connectivity index (χ0v) is 17.8. The van der Waals surface area contributed by atoms with Crippen LogP contribution in [0.4, 0.5) is 4.39 Å². The van der Waals surface area contributed by atoms with Gasteiger partial charge in [0.25, 0.3) is 0 Å². The van der Waals surface area contributed by atoms with Crippen LogP contribution < -0.4 is 21.2 Å². The van der Waals surface area contributed by atoms with Gasteiger partial charge in [0.15, 0.2) is 0 Å². The topological polar surface area (TPSA) is 58.9 Å². The number of halogens is 1. The number of H-pyrrole nitrogens is 2. The zero-order chi connectivity index (χ0) is 21.3. The summed E-state index contributed by atoms with van der Waals surface area (Å²) in [6, 6.07) is 4.76. The number of nitrogens with zero attached hydrogens (tertiary/aromatic N) is 1. The first kappa shape index (κ1) is 20.4. The van der Waals surface area contributed by atoms with E-state index in [1.54, 1.807) is 12.1 Å². The minimum atomic E-state index is -0.252. The van der Waals surface area contributed by atoms with Gasteiger partial charge in [-0.15, -0.1) is 0 Å². The van der Waals surface area contributed by atoms with Gasteiger partial charge in [-0.25, -0.2) is 4.39 Å². The van der Waals surface area contributed by atoms with Crippen molar-refractivity contribution in [1.82, 2.24) is 25.5 Å². The number of fused-ring (bicyclic) bond motifs is 1. The van der Waals surface area contributed by atoms with Gasteiger partial charge in [0, 0.05) is 83.4 Å². The molecule has 3 aromatic rings. The third-order valence-electron chi connectivity index (χ3n) is 5.93. The standard InChI is InChI=1S/C24H30FN5/c1-15-23(14-20-16(2)28-22-6-5-19(25)13-21(20)22)29-18(4)24(15)17(3)27-9-12-30-10-7-26-8-11-30/h5-6,13-14,26-29H,2-3,7-12H2,1,4H3/b20-14+. The highest BCUT2D eigenvalue weighted by Crippen LogP contribution is 2.23. The Hall–Kier alpha value is -2.83. The lowest BCUT2D eigenvalue weighted by atomic mass is 10.1. The van der Waals surface area contributed by atoms with Crippen molar-refractivity contribution in [2.75, 3.05) is 39.3 Å². The minimum Gasteiger partial charge on any atom is -0.384 e. The van der Waals surface area contributed by atoms with Crippen LogP contribution in [0.2, 0.25) is 0 Å². The van der Waals surface area contributed by atoms with E-state index in [4.69, 9.17) is 0 Å². The Bertz CT molecular complexity index is 1180. The molecule has 0 saturated carbocycles. The van der Waals surface area contributed by atoms with Gasteiger partial charge in [0.2, 0.25) is 0 Å². The molecule has 0 aliphatic carbocycles. The molecule has 3 heterocycles. The van der Waals surface area contributed by atoms with E-state index in [9.17, 15) is 4.39 Å². The molecule has 1 aromatic carbocycles. The van der Waals surface area contributed by atoms with Crippen molar-refractivity contribution in [1.29, 1.82) is 0 Å². The molecular formula is C24H30FN5. The predicted octanol–water partition coefficient (Wildman–Crippen LogP) is 1.96. The summed E-state index contributed by atoms with van der Waals surface area (Å²) in [7, 11) is 0. The van der Waals surface area contributed by atoms with Gasteiger partial charge in [-0.1, -0.05) is 13.2 Å². The van der Waals surface area contributed by atoms with Crippen molar-refractivity contribution < 1.29 is 4.39 Å². The molecular weight excluding hydrogens is 377 g/mol. The number of piperazine rings is 1. The number of nitrogens with one attached hydrogen (secondary N) is 4. The molecule has 0 unspecified atom stereocenters. The van der Waals surface area contributed by atoms with Crippen molar-refractivity contribution in [2.24, 2.45) is 0 Å². The second-order valence-corrected chi connectivity index (χ2v) is 8.01. The molecule has 158 valence electrons. The van der Waals surface area contributed by atoms with Crippen LogP contribution in [-0.2, 0) is 0 Å². The Morgan fingerprint density at radius 3 is 2.77 bits per heavy atom. The van der Waals surface area contributed by atoms with Gasteiger partial charge in [-0.05, 0) is 43.7 Å². The van der Waals surface area contributed by atoms with Crippen molar-refractivity contribution >= 4 is 29.3 Å². The Morgan fingerprint density at radius 1 is 1.23 bits per heavy atom. The average Bonchev–Trinajstić information content (AvgIpc) is 3.18. The lowest BCUT2D eigenvalue weighted by Crippen LogP contribution is -2.45. The molecule has 2 aromatic heterocycles. The maximum Gasteiger partial charge on any atom is 0.123 e. The molecule has 4 rings (SSSR count). The molecule has 0 atom stereocenters. The number of hydrogen-bond donors (Lipinski definition) is 4. The third kappa shape index (κ3) is 4.06. The molecule has 4 N–H and O–H groups in total. The summed E-state index contributed by atoms with van der Waals surface area (Å²) < 4.78 is 13.8. The molecule has 6 heteroatoms. The highest BCUT2D eigenvalue weighted by molar-refractivity contribution is 5.82. The van der Waals surface area contributed by atoms with E-state index >= 15 is 0 Å².